The predicted molar refractivity (Wildman–Crippen MR) is 130 cm³/mol. The van der Waals surface area contributed by atoms with Crippen LogP contribution in [0.25, 0.3) is 0 Å². The Balaban J connectivity index is 1.42. The van der Waals surface area contributed by atoms with E-state index in [-0.39, 0.29) is 23.6 Å². The Morgan fingerprint density at radius 1 is 1.21 bits per heavy atom. The molecule has 33 heavy (non-hydrogen) atoms. The van der Waals surface area contributed by atoms with Gasteiger partial charge in [0.05, 0.1) is 18.9 Å². The van der Waals surface area contributed by atoms with E-state index in [0.29, 0.717) is 16.6 Å². The van der Waals surface area contributed by atoms with Crippen molar-refractivity contribution in [3.63, 3.8) is 0 Å². The maximum atomic E-state index is 12.7. The van der Waals surface area contributed by atoms with E-state index in [2.05, 4.69) is 27.4 Å². The lowest BCUT2D eigenvalue weighted by Gasteiger charge is -2.47. The number of pyridine rings is 1. The number of methoxy groups -OCH3 is 2. The second-order valence-electron chi connectivity index (χ2n) is 9.42. The number of likely N-dealkylation sites (tertiary alicyclic amines) is 1. The molecule has 2 amide bonds. The number of carbonyl (C=O) groups excluding carboxylic acids is 1. The number of carbonyl (C=O) groups is 1. The Hall–Kier alpha value is -2.35. The van der Waals surface area contributed by atoms with Gasteiger partial charge < -0.3 is 25.0 Å². The summed E-state index contributed by atoms with van der Waals surface area (Å²) in [4.78, 5) is 19.9. The average molecular weight is 473 g/mol. The van der Waals surface area contributed by atoms with Crippen LogP contribution in [0.15, 0.2) is 42.6 Å². The molecule has 1 aromatic heterocycles. The van der Waals surface area contributed by atoms with Crippen LogP contribution in [0.5, 0.6) is 5.75 Å². The fourth-order valence-corrected chi connectivity index (χ4v) is 5.21. The summed E-state index contributed by atoms with van der Waals surface area (Å²) in [6.45, 7) is 5.03. The zero-order valence-electron chi connectivity index (χ0n) is 19.5. The lowest BCUT2D eigenvalue weighted by molar-refractivity contribution is -0.0979. The summed E-state index contributed by atoms with van der Waals surface area (Å²) in [7, 11) is 3.44. The topological polar surface area (TPSA) is 75.7 Å². The molecule has 2 aliphatic rings. The number of anilines is 1. The molecule has 0 radical (unpaired) electrons. The average Bonchev–Trinajstić information content (AvgIpc) is 2.80. The Labute approximate surface area is 200 Å². The SMILES string of the molecule is COc1ccc([C@@H]2CN(CC3CC(C)(OC)C3)CC[C@H]2NC(=O)Nc2ccc(Cl)cc2)nc1. The van der Waals surface area contributed by atoms with Gasteiger partial charge in [-0.25, -0.2) is 4.79 Å². The van der Waals surface area contributed by atoms with Gasteiger partial charge >= 0.3 is 6.03 Å². The largest absolute Gasteiger partial charge is 0.495 e. The van der Waals surface area contributed by atoms with E-state index >= 15 is 0 Å². The molecule has 0 unspecified atom stereocenters. The van der Waals surface area contributed by atoms with E-state index in [9.17, 15) is 4.79 Å². The van der Waals surface area contributed by atoms with Crippen LogP contribution in [0.3, 0.4) is 0 Å². The number of nitrogens with one attached hydrogen (secondary N) is 2. The van der Waals surface area contributed by atoms with Crippen molar-refractivity contribution in [3.8, 4) is 5.75 Å². The van der Waals surface area contributed by atoms with Gasteiger partial charge in [0.15, 0.2) is 0 Å². The molecular formula is C25H33ClN4O3. The lowest BCUT2D eigenvalue weighted by atomic mass is 9.71. The highest BCUT2D eigenvalue weighted by Gasteiger charge is 2.42. The fraction of sp³-hybridized carbons (Fsp3) is 0.520. The van der Waals surface area contributed by atoms with Crippen molar-refractivity contribution < 1.29 is 14.3 Å². The fourth-order valence-electron chi connectivity index (χ4n) is 5.08. The summed E-state index contributed by atoms with van der Waals surface area (Å²) in [5.41, 5.74) is 1.70. The lowest BCUT2D eigenvalue weighted by Crippen LogP contribution is -2.54. The number of amides is 2. The van der Waals surface area contributed by atoms with Crippen molar-refractivity contribution in [2.75, 3.05) is 39.2 Å². The normalized spacial score (nSPS) is 27.5. The third-order valence-corrected chi connectivity index (χ3v) is 7.19. The molecule has 178 valence electrons. The van der Waals surface area contributed by atoms with Crippen LogP contribution in [0, 0.1) is 5.92 Å². The maximum absolute atomic E-state index is 12.7. The quantitative estimate of drug-likeness (QED) is 0.618. The molecule has 1 saturated carbocycles. The smallest absolute Gasteiger partial charge is 0.319 e. The maximum Gasteiger partial charge on any atom is 0.319 e. The predicted octanol–water partition coefficient (Wildman–Crippen LogP) is 4.54. The molecule has 2 fully saturated rings. The summed E-state index contributed by atoms with van der Waals surface area (Å²) in [5.74, 6) is 1.47. The summed E-state index contributed by atoms with van der Waals surface area (Å²) in [6, 6.07) is 10.8. The van der Waals surface area contributed by atoms with E-state index in [0.717, 1.165) is 50.3 Å². The van der Waals surface area contributed by atoms with Crippen molar-refractivity contribution in [1.82, 2.24) is 15.2 Å². The monoisotopic (exact) mass is 472 g/mol. The summed E-state index contributed by atoms with van der Waals surface area (Å²) >= 11 is 5.94. The van der Waals surface area contributed by atoms with Crippen molar-refractivity contribution in [2.45, 2.75) is 43.7 Å². The number of hydrogen-bond acceptors (Lipinski definition) is 5. The van der Waals surface area contributed by atoms with Gasteiger partial charge in [0.1, 0.15) is 5.75 Å². The first-order chi connectivity index (χ1) is 15.9. The minimum atomic E-state index is -0.218. The highest BCUT2D eigenvalue weighted by atomic mass is 35.5. The first kappa shape index (κ1) is 23.8. The molecule has 2 aromatic rings. The van der Waals surface area contributed by atoms with E-state index in [4.69, 9.17) is 21.1 Å². The molecular weight excluding hydrogens is 440 g/mol. The molecule has 2 atom stereocenters. The number of ether oxygens (including phenoxy) is 2. The number of rotatable bonds is 7. The van der Waals surface area contributed by atoms with Crippen LogP contribution >= 0.6 is 11.6 Å². The molecule has 1 aromatic carbocycles. The molecule has 7 nitrogen and oxygen atoms in total. The third-order valence-electron chi connectivity index (χ3n) is 6.94. The second-order valence-corrected chi connectivity index (χ2v) is 9.85. The van der Waals surface area contributed by atoms with Crippen LogP contribution in [-0.2, 0) is 4.74 Å². The molecule has 1 aliphatic heterocycles. The Bertz CT molecular complexity index is 932. The van der Waals surface area contributed by atoms with Crippen molar-refractivity contribution >= 4 is 23.3 Å². The van der Waals surface area contributed by atoms with Gasteiger partial charge in [-0.15, -0.1) is 0 Å². The molecule has 2 heterocycles. The van der Waals surface area contributed by atoms with Crippen molar-refractivity contribution in [2.24, 2.45) is 5.92 Å². The standard InChI is InChI=1S/C25H33ClN4O3/c1-25(33-3)12-17(13-25)15-30-11-10-23(21(16-30)22-9-8-20(32-2)14-27-22)29-24(31)28-19-6-4-18(26)5-7-19/h4-9,14,17,21,23H,10-13,15-16H2,1-3H3,(H2,28,29,31)/t17?,21-,23+,25?/m0/s1. The molecule has 1 aliphatic carbocycles. The Kier molecular flexibility index (Phi) is 7.41. The summed E-state index contributed by atoms with van der Waals surface area (Å²) < 4.78 is 10.9. The van der Waals surface area contributed by atoms with E-state index in [1.165, 1.54) is 0 Å². The number of nitrogens with zero attached hydrogens (tertiary/aromatic N) is 2. The molecule has 0 spiro atoms. The van der Waals surface area contributed by atoms with E-state index in [1.54, 1.807) is 44.7 Å². The van der Waals surface area contributed by atoms with E-state index in [1.807, 2.05) is 12.1 Å². The van der Waals surface area contributed by atoms with Crippen LogP contribution < -0.4 is 15.4 Å². The molecule has 1 saturated heterocycles. The molecule has 0 bridgehead atoms. The van der Waals surface area contributed by atoms with Gasteiger partial charge in [-0.1, -0.05) is 11.6 Å². The van der Waals surface area contributed by atoms with Gasteiger partial charge in [0.25, 0.3) is 0 Å². The molecule has 2 N–H and O–H groups in total. The van der Waals surface area contributed by atoms with E-state index < -0.39 is 0 Å². The van der Waals surface area contributed by atoms with Gasteiger partial charge in [-0.3, -0.25) is 4.98 Å². The number of aromatic nitrogens is 1. The molecule has 4 rings (SSSR count). The number of piperidine rings is 1. The minimum Gasteiger partial charge on any atom is -0.495 e. The highest BCUT2D eigenvalue weighted by molar-refractivity contribution is 6.30. The van der Waals surface area contributed by atoms with Crippen LogP contribution in [-0.4, -0.2) is 61.4 Å². The Morgan fingerprint density at radius 3 is 2.61 bits per heavy atom. The van der Waals surface area contributed by atoms with Gasteiger partial charge in [0, 0.05) is 55.1 Å². The number of halogens is 1. The Morgan fingerprint density at radius 2 is 1.97 bits per heavy atom. The van der Waals surface area contributed by atoms with Gasteiger partial charge in [-0.2, -0.15) is 0 Å². The van der Waals surface area contributed by atoms with Crippen LogP contribution in [0.4, 0.5) is 10.5 Å². The number of urea groups is 1. The second kappa shape index (κ2) is 10.3. The number of hydrogen-bond donors (Lipinski definition) is 2. The van der Waals surface area contributed by atoms with Crippen molar-refractivity contribution in [1.29, 1.82) is 0 Å². The van der Waals surface area contributed by atoms with Crippen molar-refractivity contribution in [3.05, 3.63) is 53.3 Å². The molecule has 8 heteroatoms. The zero-order valence-corrected chi connectivity index (χ0v) is 20.3. The summed E-state index contributed by atoms with van der Waals surface area (Å²) in [6.07, 6.45) is 4.79. The van der Waals surface area contributed by atoms with Gasteiger partial charge in [0.2, 0.25) is 0 Å². The first-order valence-electron chi connectivity index (χ1n) is 11.5. The van der Waals surface area contributed by atoms with Crippen LogP contribution in [0.2, 0.25) is 5.02 Å². The zero-order chi connectivity index (χ0) is 23.4. The first-order valence-corrected chi connectivity index (χ1v) is 11.9. The minimum absolute atomic E-state index is 0.0138. The van der Waals surface area contributed by atoms with Gasteiger partial charge in [-0.05, 0) is 68.5 Å². The third kappa shape index (κ3) is 5.96. The van der Waals surface area contributed by atoms with Crippen LogP contribution in [0.1, 0.15) is 37.8 Å². The number of benzene rings is 1. The highest BCUT2D eigenvalue weighted by Crippen LogP contribution is 2.41. The summed E-state index contributed by atoms with van der Waals surface area (Å²) in [5, 5.41) is 6.72.